The molecule has 0 saturated carbocycles. The van der Waals surface area contributed by atoms with E-state index in [0.717, 1.165) is 0 Å². The molecule has 0 radical (unpaired) electrons. The number of hydrogen-bond acceptors (Lipinski definition) is 8. The minimum absolute atomic E-state index is 0.248. The first-order valence-electron chi connectivity index (χ1n) is 11.4. The Balaban J connectivity index is 1.86. The van der Waals surface area contributed by atoms with E-state index < -0.39 is 12.0 Å². The molecule has 2 amide bonds. The third-order valence-corrected chi connectivity index (χ3v) is 6.42. The molecule has 0 spiro atoms. The molecule has 2 aromatic carbocycles. The predicted octanol–water partition coefficient (Wildman–Crippen LogP) is 3.67. The number of carbonyl (C=O) groups excluding carboxylic acids is 2. The molecule has 2 unspecified atom stereocenters. The van der Waals surface area contributed by atoms with Crippen LogP contribution in [0.1, 0.15) is 33.4 Å². The number of amides is 2. The fraction of sp³-hybridized carbons (Fsp3) is 0.296. The second kappa shape index (κ2) is 10.7. The Morgan fingerprint density at radius 3 is 2.05 bits per heavy atom. The lowest BCUT2D eigenvalue weighted by Crippen LogP contribution is -2.44. The van der Waals surface area contributed by atoms with Gasteiger partial charge in [0.05, 0.1) is 47.5 Å². The first-order valence-corrected chi connectivity index (χ1v) is 11.4. The molecule has 0 aliphatic carbocycles. The maximum absolute atomic E-state index is 14.0. The number of methoxy groups -OCH3 is 5. The van der Waals surface area contributed by atoms with Gasteiger partial charge in [-0.2, -0.15) is 0 Å². The van der Waals surface area contributed by atoms with Gasteiger partial charge in [0.25, 0.3) is 5.91 Å². The number of ether oxygens (including phenoxy) is 5. The van der Waals surface area contributed by atoms with Crippen molar-refractivity contribution in [3.05, 3.63) is 65.5 Å². The van der Waals surface area contributed by atoms with E-state index >= 15 is 0 Å². The largest absolute Gasteiger partial charge is 0.493 e. The Hall–Kier alpha value is -4.47. The zero-order valence-electron chi connectivity index (χ0n) is 21.5. The third-order valence-electron chi connectivity index (χ3n) is 6.42. The van der Waals surface area contributed by atoms with Gasteiger partial charge in [-0.25, -0.2) is 0 Å². The van der Waals surface area contributed by atoms with Gasteiger partial charge in [-0.1, -0.05) is 6.07 Å². The molecule has 0 saturated heterocycles. The van der Waals surface area contributed by atoms with Crippen LogP contribution in [0.5, 0.6) is 28.7 Å². The van der Waals surface area contributed by atoms with E-state index in [4.69, 9.17) is 23.7 Å². The topological polar surface area (TPSA) is 108 Å². The number of anilines is 1. The zero-order chi connectivity index (χ0) is 26.7. The number of rotatable bonds is 8. The number of nitrogens with one attached hydrogen (secondary N) is 1. The summed E-state index contributed by atoms with van der Waals surface area (Å²) in [6, 6.07) is 9.55. The van der Waals surface area contributed by atoms with Gasteiger partial charge in [0, 0.05) is 42.8 Å². The lowest BCUT2D eigenvalue weighted by atomic mass is 9.79. The standard InChI is InChI=1S/C27H29N3O7/c1-30-24(15-8-7-9-28-14-15)23(17-12-19(33-2)20(34-3)13-18(17)27(30)32)26(31)29-16-10-21(35-4)25(37-6)22(11-16)36-5/h7-14,23-24H,1-6H3,(H,29,31). The van der Waals surface area contributed by atoms with E-state index in [-0.39, 0.29) is 11.8 Å². The first-order chi connectivity index (χ1) is 17.9. The number of likely N-dealkylation sites (N-methyl/N-ethyl adjacent to an activating group) is 1. The van der Waals surface area contributed by atoms with E-state index in [1.54, 1.807) is 54.7 Å². The van der Waals surface area contributed by atoms with E-state index in [2.05, 4.69) is 10.3 Å². The second-order valence-electron chi connectivity index (χ2n) is 8.32. The molecule has 2 atom stereocenters. The van der Waals surface area contributed by atoms with Crippen molar-refractivity contribution < 1.29 is 33.3 Å². The van der Waals surface area contributed by atoms with Crippen LogP contribution in [-0.2, 0) is 4.79 Å². The molecule has 37 heavy (non-hydrogen) atoms. The third kappa shape index (κ3) is 4.57. The molecular formula is C27H29N3O7. The van der Waals surface area contributed by atoms with Crippen molar-refractivity contribution in [1.29, 1.82) is 0 Å². The molecule has 1 aliphatic rings. The highest BCUT2D eigenvalue weighted by molar-refractivity contribution is 6.05. The zero-order valence-corrected chi connectivity index (χ0v) is 21.5. The summed E-state index contributed by atoms with van der Waals surface area (Å²) in [6.45, 7) is 0. The fourth-order valence-electron chi connectivity index (χ4n) is 4.67. The number of hydrogen-bond donors (Lipinski definition) is 1. The van der Waals surface area contributed by atoms with Crippen molar-refractivity contribution >= 4 is 17.5 Å². The molecule has 3 aromatic rings. The number of fused-ring (bicyclic) bond motifs is 1. The number of carbonyl (C=O) groups is 2. The Morgan fingerprint density at radius 2 is 1.51 bits per heavy atom. The highest BCUT2D eigenvalue weighted by atomic mass is 16.5. The summed E-state index contributed by atoms with van der Waals surface area (Å²) in [5.41, 5.74) is 2.01. The van der Waals surface area contributed by atoms with Crippen LogP contribution in [0.3, 0.4) is 0 Å². The van der Waals surface area contributed by atoms with Gasteiger partial charge in [-0.15, -0.1) is 0 Å². The average molecular weight is 508 g/mol. The van der Waals surface area contributed by atoms with Crippen molar-refractivity contribution in [2.24, 2.45) is 0 Å². The van der Waals surface area contributed by atoms with E-state index in [9.17, 15) is 9.59 Å². The predicted molar refractivity (Wildman–Crippen MR) is 136 cm³/mol. The molecule has 10 nitrogen and oxygen atoms in total. The number of aromatic nitrogens is 1. The SMILES string of the molecule is COc1cc2c(cc1OC)C(C(=O)Nc1cc(OC)c(OC)c(OC)c1)C(c1cccnc1)N(C)C2=O. The maximum atomic E-state index is 14.0. The Bertz CT molecular complexity index is 1290. The smallest absolute Gasteiger partial charge is 0.254 e. The van der Waals surface area contributed by atoms with Gasteiger partial charge in [0.15, 0.2) is 23.0 Å². The monoisotopic (exact) mass is 507 g/mol. The Kier molecular flexibility index (Phi) is 7.37. The summed E-state index contributed by atoms with van der Waals surface area (Å²) in [6.07, 6.45) is 3.29. The van der Waals surface area contributed by atoms with Crippen LogP contribution in [0.2, 0.25) is 0 Å². The van der Waals surface area contributed by atoms with Crippen LogP contribution in [-0.4, -0.2) is 64.3 Å². The molecule has 194 valence electrons. The van der Waals surface area contributed by atoms with E-state index in [1.165, 1.54) is 35.5 Å². The molecule has 10 heteroatoms. The molecule has 1 aliphatic heterocycles. The van der Waals surface area contributed by atoms with Gasteiger partial charge < -0.3 is 33.9 Å². The number of pyridine rings is 1. The highest BCUT2D eigenvalue weighted by Crippen LogP contribution is 2.46. The molecule has 1 N–H and O–H groups in total. The Labute approximate surface area is 215 Å². The summed E-state index contributed by atoms with van der Waals surface area (Å²) in [5.74, 6) is 0.591. The van der Waals surface area contributed by atoms with Crippen LogP contribution in [0, 0.1) is 0 Å². The van der Waals surface area contributed by atoms with Crippen LogP contribution in [0.4, 0.5) is 5.69 Å². The summed E-state index contributed by atoms with van der Waals surface area (Å²) in [5, 5.41) is 2.97. The van der Waals surface area contributed by atoms with Crippen LogP contribution >= 0.6 is 0 Å². The average Bonchev–Trinajstić information content (AvgIpc) is 2.93. The first kappa shape index (κ1) is 25.6. The van der Waals surface area contributed by atoms with Crippen molar-refractivity contribution in [3.8, 4) is 28.7 Å². The van der Waals surface area contributed by atoms with Crippen LogP contribution in [0.15, 0.2) is 48.8 Å². The van der Waals surface area contributed by atoms with Crippen molar-refractivity contribution in [2.45, 2.75) is 12.0 Å². The van der Waals surface area contributed by atoms with E-state index in [1.807, 2.05) is 6.07 Å². The van der Waals surface area contributed by atoms with Gasteiger partial charge in [0.2, 0.25) is 11.7 Å². The number of nitrogens with zero attached hydrogens (tertiary/aromatic N) is 2. The fourth-order valence-corrected chi connectivity index (χ4v) is 4.67. The van der Waals surface area contributed by atoms with Crippen molar-refractivity contribution in [1.82, 2.24) is 9.88 Å². The molecule has 4 rings (SSSR count). The molecule has 0 bridgehead atoms. The van der Waals surface area contributed by atoms with Gasteiger partial charge in [-0.3, -0.25) is 14.6 Å². The Morgan fingerprint density at radius 1 is 0.892 bits per heavy atom. The summed E-state index contributed by atoms with van der Waals surface area (Å²) in [4.78, 5) is 33.2. The molecule has 1 aromatic heterocycles. The molecular weight excluding hydrogens is 478 g/mol. The lowest BCUT2D eigenvalue weighted by molar-refractivity contribution is -0.119. The van der Waals surface area contributed by atoms with Crippen molar-refractivity contribution in [3.63, 3.8) is 0 Å². The normalized spacial score (nSPS) is 16.5. The molecule has 0 fully saturated rings. The summed E-state index contributed by atoms with van der Waals surface area (Å²) in [7, 11) is 9.17. The lowest BCUT2D eigenvalue weighted by Gasteiger charge is -2.40. The maximum Gasteiger partial charge on any atom is 0.254 e. The second-order valence-corrected chi connectivity index (χ2v) is 8.32. The van der Waals surface area contributed by atoms with Crippen LogP contribution in [0.25, 0.3) is 0 Å². The van der Waals surface area contributed by atoms with Crippen molar-refractivity contribution in [2.75, 3.05) is 47.9 Å². The minimum Gasteiger partial charge on any atom is -0.493 e. The van der Waals surface area contributed by atoms with Crippen LogP contribution < -0.4 is 29.0 Å². The van der Waals surface area contributed by atoms with Gasteiger partial charge in [0.1, 0.15) is 0 Å². The minimum atomic E-state index is -0.805. The quantitative estimate of drug-likeness (QED) is 0.492. The van der Waals surface area contributed by atoms with E-state index in [0.29, 0.717) is 51.1 Å². The molecule has 2 heterocycles. The summed E-state index contributed by atoms with van der Waals surface area (Å²) >= 11 is 0. The van der Waals surface area contributed by atoms with Gasteiger partial charge >= 0.3 is 0 Å². The number of benzene rings is 2. The highest BCUT2D eigenvalue weighted by Gasteiger charge is 2.44. The summed E-state index contributed by atoms with van der Waals surface area (Å²) < 4.78 is 27.2. The van der Waals surface area contributed by atoms with Gasteiger partial charge in [-0.05, 0) is 29.3 Å².